The molecule has 0 spiro atoms. The Morgan fingerprint density at radius 1 is 0.212 bits per heavy atom. The van der Waals surface area contributed by atoms with Crippen LogP contribution in [0.2, 0.25) is 0 Å². The standard InChI is InChI=1S/C93H104N6/c1-86(2,3)66-41-62(42-67(52-66)87(4,5)6)77-56-78(63-43-68(88(7,8)9)53-69(44-63)89(10,11)12)95-82(94-77)61-37-40-81(99-79-38-35-59(57-31-27-25-28-32-57)49-74(79)75-50-60(36-39-80(75)99)58-33-29-26-30-34-58)76(51-61)85-97-83(64-45-70(90(13,14)15)54-71(46-64)91(16,17)18)96-84(98-85)65-47-72(92(19,20)21)55-73(48-65)93(22,23)24/h25-56H,1-24H3. The maximum atomic E-state index is 5.85. The molecule has 12 rings (SSSR count). The lowest BCUT2D eigenvalue weighted by Gasteiger charge is -2.27. The van der Waals surface area contributed by atoms with Gasteiger partial charge >= 0.3 is 0 Å². The average Bonchev–Trinajstić information content (AvgIpc) is 1.64. The van der Waals surface area contributed by atoms with Crippen LogP contribution in [0.5, 0.6) is 0 Å². The molecular formula is C93H104N6. The number of hydrogen-bond donors (Lipinski definition) is 0. The van der Waals surface area contributed by atoms with Gasteiger partial charge in [0.2, 0.25) is 0 Å². The van der Waals surface area contributed by atoms with Crippen molar-refractivity contribution >= 4 is 21.8 Å². The highest BCUT2D eigenvalue weighted by atomic mass is 15.1. The van der Waals surface area contributed by atoms with Crippen molar-refractivity contribution in [2.45, 2.75) is 209 Å². The van der Waals surface area contributed by atoms with Crippen LogP contribution >= 0.6 is 0 Å². The van der Waals surface area contributed by atoms with Gasteiger partial charge in [0.25, 0.3) is 0 Å². The first kappa shape index (κ1) is 69.8. The predicted molar refractivity (Wildman–Crippen MR) is 423 cm³/mol. The van der Waals surface area contributed by atoms with Crippen molar-refractivity contribution in [3.05, 3.63) is 239 Å². The van der Waals surface area contributed by atoms with Gasteiger partial charge in [-0.1, -0.05) is 263 Å². The molecule has 6 nitrogen and oxygen atoms in total. The fourth-order valence-electron chi connectivity index (χ4n) is 13.1. The van der Waals surface area contributed by atoms with Gasteiger partial charge in [0.15, 0.2) is 23.3 Å². The summed E-state index contributed by atoms with van der Waals surface area (Å²) in [6, 6.07) is 72.5. The maximum Gasteiger partial charge on any atom is 0.166 e. The first-order chi connectivity index (χ1) is 46.0. The topological polar surface area (TPSA) is 69.4 Å². The van der Waals surface area contributed by atoms with Gasteiger partial charge in [-0.05, 0) is 207 Å². The number of rotatable bonds is 9. The molecule has 0 amide bonds. The summed E-state index contributed by atoms with van der Waals surface area (Å²) in [5, 5.41) is 2.27. The highest BCUT2D eigenvalue weighted by Gasteiger charge is 2.30. The van der Waals surface area contributed by atoms with E-state index in [2.05, 4.69) is 365 Å². The molecule has 0 aliphatic carbocycles. The van der Waals surface area contributed by atoms with Gasteiger partial charge < -0.3 is 4.57 Å². The largest absolute Gasteiger partial charge is 0.308 e. The third-order valence-corrected chi connectivity index (χ3v) is 19.8. The maximum absolute atomic E-state index is 5.85. The van der Waals surface area contributed by atoms with Gasteiger partial charge in [-0.25, -0.2) is 24.9 Å². The van der Waals surface area contributed by atoms with Crippen molar-refractivity contribution in [3.63, 3.8) is 0 Å². The third kappa shape index (κ3) is 14.7. The van der Waals surface area contributed by atoms with Crippen LogP contribution in [0.1, 0.15) is 211 Å². The quantitative estimate of drug-likeness (QED) is 0.144. The van der Waals surface area contributed by atoms with E-state index in [1.165, 1.54) is 44.5 Å². The Hall–Kier alpha value is -9.13. The number of aromatic nitrogens is 6. The van der Waals surface area contributed by atoms with E-state index in [0.717, 1.165) is 94.5 Å². The average molecular weight is 1310 g/mol. The van der Waals surface area contributed by atoms with Gasteiger partial charge in [0, 0.05) is 44.2 Å². The number of benzene rings is 9. The Balaban J connectivity index is 1.24. The zero-order valence-electron chi connectivity index (χ0n) is 63.7. The van der Waals surface area contributed by atoms with E-state index in [-0.39, 0.29) is 43.3 Å². The van der Waals surface area contributed by atoms with Crippen LogP contribution in [0.25, 0.3) is 118 Å². The zero-order valence-corrected chi connectivity index (χ0v) is 63.7. The first-order valence-corrected chi connectivity index (χ1v) is 35.7. The van der Waals surface area contributed by atoms with Crippen LogP contribution in [0.15, 0.2) is 194 Å². The Kier molecular flexibility index (Phi) is 17.6. The molecule has 0 bridgehead atoms. The number of hydrogen-bond acceptors (Lipinski definition) is 5. The van der Waals surface area contributed by atoms with Gasteiger partial charge in [-0.3, -0.25) is 0 Å². The van der Waals surface area contributed by atoms with E-state index < -0.39 is 0 Å². The third-order valence-electron chi connectivity index (χ3n) is 19.8. The second-order valence-corrected chi connectivity index (χ2v) is 36.2. The normalized spacial score (nSPS) is 13.1. The lowest BCUT2D eigenvalue weighted by molar-refractivity contribution is 0.568. The van der Waals surface area contributed by atoms with Crippen molar-refractivity contribution in [1.82, 2.24) is 29.5 Å². The summed E-state index contributed by atoms with van der Waals surface area (Å²) in [4.78, 5) is 28.9. The minimum Gasteiger partial charge on any atom is -0.308 e. The molecule has 0 saturated carbocycles. The molecule has 9 aromatic carbocycles. The molecule has 0 radical (unpaired) electrons. The van der Waals surface area contributed by atoms with E-state index in [9.17, 15) is 0 Å². The van der Waals surface area contributed by atoms with Gasteiger partial charge in [-0.2, -0.15) is 0 Å². The Labute approximate surface area is 592 Å². The molecule has 99 heavy (non-hydrogen) atoms. The van der Waals surface area contributed by atoms with Crippen LogP contribution < -0.4 is 0 Å². The summed E-state index contributed by atoms with van der Waals surface area (Å²) in [5.74, 6) is 2.35. The summed E-state index contributed by atoms with van der Waals surface area (Å²) < 4.78 is 2.44. The van der Waals surface area contributed by atoms with E-state index >= 15 is 0 Å². The van der Waals surface area contributed by atoms with E-state index in [1.807, 2.05) is 0 Å². The van der Waals surface area contributed by atoms with Crippen LogP contribution in [0.3, 0.4) is 0 Å². The van der Waals surface area contributed by atoms with Gasteiger partial charge in [-0.15, -0.1) is 0 Å². The zero-order chi connectivity index (χ0) is 71.5. The summed E-state index contributed by atoms with van der Waals surface area (Å²) in [7, 11) is 0. The Morgan fingerprint density at radius 3 is 0.808 bits per heavy atom. The van der Waals surface area contributed by atoms with Crippen molar-refractivity contribution in [3.8, 4) is 96.0 Å². The number of nitrogens with zero attached hydrogens (tertiary/aromatic N) is 6. The fraction of sp³-hybridized carbons (Fsp3) is 0.344. The first-order valence-electron chi connectivity index (χ1n) is 35.7. The lowest BCUT2D eigenvalue weighted by Crippen LogP contribution is -2.17. The smallest absolute Gasteiger partial charge is 0.166 e. The van der Waals surface area contributed by atoms with Crippen molar-refractivity contribution in [1.29, 1.82) is 0 Å². The highest BCUT2D eigenvalue weighted by Crippen LogP contribution is 2.45. The summed E-state index contributed by atoms with van der Waals surface area (Å²) in [6.45, 7) is 55.2. The Morgan fingerprint density at radius 2 is 0.495 bits per heavy atom. The van der Waals surface area contributed by atoms with Crippen LogP contribution in [-0.2, 0) is 43.3 Å². The summed E-state index contributed by atoms with van der Waals surface area (Å²) in [5.41, 5.74) is 23.7. The Bertz CT molecular complexity index is 4650. The molecular weight excluding hydrogens is 1200 g/mol. The molecule has 0 unspecified atom stereocenters. The molecule has 12 aromatic rings. The van der Waals surface area contributed by atoms with Gasteiger partial charge in [0.05, 0.1) is 28.1 Å². The molecule has 3 aromatic heterocycles. The molecule has 506 valence electrons. The molecule has 0 N–H and O–H groups in total. The predicted octanol–water partition coefficient (Wildman–Crippen LogP) is 25.5. The van der Waals surface area contributed by atoms with Crippen LogP contribution in [0.4, 0.5) is 0 Å². The second-order valence-electron chi connectivity index (χ2n) is 36.2. The van der Waals surface area contributed by atoms with Crippen molar-refractivity contribution in [2.24, 2.45) is 0 Å². The highest BCUT2D eigenvalue weighted by molar-refractivity contribution is 6.12. The summed E-state index contributed by atoms with van der Waals surface area (Å²) in [6.07, 6.45) is 0. The van der Waals surface area contributed by atoms with Gasteiger partial charge in [0.1, 0.15) is 0 Å². The molecule has 0 aliphatic rings. The molecule has 0 aliphatic heterocycles. The van der Waals surface area contributed by atoms with E-state index in [1.54, 1.807) is 0 Å². The monoisotopic (exact) mass is 1300 g/mol. The minimum absolute atomic E-state index is 0.131. The molecule has 0 saturated heterocycles. The minimum atomic E-state index is -0.172. The second kappa shape index (κ2) is 24.9. The molecule has 6 heteroatoms. The van der Waals surface area contributed by atoms with Crippen LogP contribution in [0, 0.1) is 0 Å². The van der Waals surface area contributed by atoms with E-state index in [0.29, 0.717) is 23.3 Å². The van der Waals surface area contributed by atoms with Crippen LogP contribution in [-0.4, -0.2) is 29.5 Å². The van der Waals surface area contributed by atoms with E-state index in [4.69, 9.17) is 24.9 Å². The summed E-state index contributed by atoms with van der Waals surface area (Å²) >= 11 is 0. The molecule has 0 fully saturated rings. The molecule has 0 atom stereocenters. The van der Waals surface area contributed by atoms with Crippen molar-refractivity contribution in [2.75, 3.05) is 0 Å². The number of fused-ring (bicyclic) bond motifs is 3. The SMILES string of the molecule is CC(C)(C)c1cc(-c2cc(-c3cc(C(C)(C)C)cc(C(C)(C)C)c3)nc(-c3ccc(-n4c5ccc(-c6ccccc6)cc5c5cc(-c6ccccc6)ccc54)c(-c4nc(-c5cc(C(C)(C)C)cc(C(C)(C)C)c5)nc(-c5cc(C(C)(C)C)cc(C(C)(C)C)c5)n4)c3)n2)cc(C(C)(C)C)c1. The lowest BCUT2D eigenvalue weighted by atomic mass is 9.79. The fourth-order valence-corrected chi connectivity index (χ4v) is 13.1. The molecule has 3 heterocycles. The van der Waals surface area contributed by atoms with Crippen molar-refractivity contribution < 1.29 is 0 Å².